The molecular formula is C16H21ClN4O3S2. The van der Waals surface area contributed by atoms with E-state index < -0.39 is 15.9 Å². The van der Waals surface area contributed by atoms with E-state index in [0.29, 0.717) is 24.5 Å². The molecule has 10 heteroatoms. The molecule has 0 unspecified atom stereocenters. The van der Waals surface area contributed by atoms with Gasteiger partial charge in [0.05, 0.1) is 0 Å². The van der Waals surface area contributed by atoms with Crippen molar-refractivity contribution in [2.24, 2.45) is 0 Å². The molecule has 2 aromatic rings. The summed E-state index contributed by atoms with van der Waals surface area (Å²) in [6.45, 7) is 2.83. The van der Waals surface area contributed by atoms with Crippen molar-refractivity contribution in [3.05, 3.63) is 41.7 Å². The van der Waals surface area contributed by atoms with E-state index in [1.54, 1.807) is 23.9 Å². The van der Waals surface area contributed by atoms with Gasteiger partial charge in [0.2, 0.25) is 10.0 Å². The normalized spacial score (nSPS) is 15.3. The number of rotatable bonds is 4. The summed E-state index contributed by atoms with van der Waals surface area (Å²) >= 11 is 1.74. The molecule has 0 aliphatic carbocycles. The maximum absolute atomic E-state index is 12.6. The zero-order chi connectivity index (χ0) is 18.0. The van der Waals surface area contributed by atoms with Gasteiger partial charge < -0.3 is 16.0 Å². The lowest BCUT2D eigenvalue weighted by Gasteiger charge is -2.24. The number of nitrogens with zero attached hydrogens (tertiary/aromatic N) is 1. The summed E-state index contributed by atoms with van der Waals surface area (Å²) in [4.78, 5) is 15.3. The van der Waals surface area contributed by atoms with Gasteiger partial charge >= 0.3 is 0 Å². The topological polar surface area (TPSA) is 108 Å². The van der Waals surface area contributed by atoms with Gasteiger partial charge in [0.15, 0.2) is 0 Å². The minimum Gasteiger partial charge on any atom is -0.399 e. The van der Waals surface area contributed by atoms with Crippen LogP contribution in [0.2, 0.25) is 0 Å². The third-order valence-electron chi connectivity index (χ3n) is 4.02. The van der Waals surface area contributed by atoms with E-state index in [0.717, 1.165) is 17.1 Å². The highest BCUT2D eigenvalue weighted by molar-refractivity contribution is 7.99. The summed E-state index contributed by atoms with van der Waals surface area (Å²) in [7, 11) is -3.57. The lowest BCUT2D eigenvalue weighted by atomic mass is 10.2. The zero-order valence-electron chi connectivity index (χ0n) is 14.2. The summed E-state index contributed by atoms with van der Waals surface area (Å²) in [5.41, 5.74) is 7.93. The fraction of sp³-hybridized carbons (Fsp3) is 0.312. The number of halogens is 1. The summed E-state index contributed by atoms with van der Waals surface area (Å²) in [6, 6.07) is 6.60. The molecule has 0 bridgehead atoms. The number of aromatic amines is 1. The Kier molecular flexibility index (Phi) is 6.62. The fourth-order valence-corrected chi connectivity index (χ4v) is 5.12. The number of hydrogen-bond donors (Lipinski definition) is 3. The van der Waals surface area contributed by atoms with Crippen LogP contribution in [0.3, 0.4) is 0 Å². The number of amides is 1. The Labute approximate surface area is 163 Å². The highest BCUT2D eigenvalue weighted by Crippen LogP contribution is 2.22. The van der Waals surface area contributed by atoms with Crippen LogP contribution in [0.15, 0.2) is 35.4 Å². The van der Waals surface area contributed by atoms with Crippen LogP contribution < -0.4 is 11.1 Å². The monoisotopic (exact) mass is 416 g/mol. The third kappa shape index (κ3) is 4.35. The predicted octanol–water partition coefficient (Wildman–Crippen LogP) is 2.32. The Bertz CT molecular complexity index is 893. The first-order valence-corrected chi connectivity index (χ1v) is 10.4. The number of aryl methyl sites for hydroxylation is 1. The molecule has 1 saturated heterocycles. The second-order valence-corrected chi connectivity index (χ2v) is 8.96. The molecule has 0 saturated carbocycles. The largest absolute Gasteiger partial charge is 0.399 e. The van der Waals surface area contributed by atoms with Crippen LogP contribution in [-0.4, -0.2) is 48.2 Å². The van der Waals surface area contributed by atoms with Gasteiger partial charge in [0.1, 0.15) is 10.6 Å². The molecule has 1 aliphatic heterocycles. The maximum atomic E-state index is 12.6. The van der Waals surface area contributed by atoms with Crippen LogP contribution in [0.5, 0.6) is 0 Å². The van der Waals surface area contributed by atoms with Gasteiger partial charge in [-0.2, -0.15) is 16.1 Å². The minimum atomic E-state index is -3.57. The number of nitrogen functional groups attached to an aromatic ring is 1. The van der Waals surface area contributed by atoms with Crippen LogP contribution in [0, 0.1) is 6.92 Å². The quantitative estimate of drug-likeness (QED) is 0.663. The van der Waals surface area contributed by atoms with Gasteiger partial charge in [0, 0.05) is 42.2 Å². The van der Waals surface area contributed by atoms with Crippen molar-refractivity contribution in [1.82, 2.24) is 9.29 Å². The van der Waals surface area contributed by atoms with E-state index in [2.05, 4.69) is 10.3 Å². The number of anilines is 2. The SMILES string of the molecule is Cc1ccc(N)cc1NC(=O)c1cc(S(=O)(=O)N2CCSCC2)c[nH]1.Cl. The van der Waals surface area contributed by atoms with Gasteiger partial charge in [-0.3, -0.25) is 4.79 Å². The standard InChI is InChI=1S/C16H20N4O3S2.ClH/c1-11-2-3-12(17)8-14(11)19-16(21)15-9-13(10-18-15)25(22,23)20-4-6-24-7-5-20;/h2-3,8-10,18H,4-7,17H2,1H3,(H,19,21);1H. The zero-order valence-corrected chi connectivity index (χ0v) is 16.6. The molecule has 7 nitrogen and oxygen atoms in total. The van der Waals surface area contributed by atoms with E-state index in [4.69, 9.17) is 5.73 Å². The fourth-order valence-electron chi connectivity index (χ4n) is 2.55. The van der Waals surface area contributed by atoms with Crippen molar-refractivity contribution >= 4 is 51.5 Å². The molecule has 1 aromatic heterocycles. The van der Waals surface area contributed by atoms with Gasteiger partial charge in [-0.15, -0.1) is 12.4 Å². The van der Waals surface area contributed by atoms with Crippen LogP contribution in [0.1, 0.15) is 16.1 Å². The molecule has 3 rings (SSSR count). The van der Waals surface area contributed by atoms with E-state index in [1.807, 2.05) is 13.0 Å². The Morgan fingerprint density at radius 1 is 1.27 bits per heavy atom. The van der Waals surface area contributed by atoms with Crippen LogP contribution >= 0.6 is 24.2 Å². The number of thioether (sulfide) groups is 1. The highest BCUT2D eigenvalue weighted by atomic mass is 35.5. The second kappa shape index (κ2) is 8.34. The molecule has 0 radical (unpaired) electrons. The molecule has 1 aromatic carbocycles. The molecule has 0 spiro atoms. The number of hydrogen-bond acceptors (Lipinski definition) is 5. The van der Waals surface area contributed by atoms with Crippen LogP contribution in [0.25, 0.3) is 0 Å². The minimum absolute atomic E-state index is 0. The van der Waals surface area contributed by atoms with E-state index in [9.17, 15) is 13.2 Å². The molecule has 4 N–H and O–H groups in total. The number of benzene rings is 1. The molecule has 26 heavy (non-hydrogen) atoms. The Hall–Kier alpha value is -1.68. The van der Waals surface area contributed by atoms with Crippen molar-refractivity contribution in [2.75, 3.05) is 35.6 Å². The number of sulfonamides is 1. The maximum Gasteiger partial charge on any atom is 0.272 e. The molecule has 1 fully saturated rings. The van der Waals surface area contributed by atoms with E-state index >= 15 is 0 Å². The Balaban J connectivity index is 0.00000243. The summed E-state index contributed by atoms with van der Waals surface area (Å²) in [5.74, 6) is 1.15. The number of carbonyl (C=O) groups is 1. The number of H-pyrrole nitrogens is 1. The van der Waals surface area contributed by atoms with Crippen molar-refractivity contribution in [2.45, 2.75) is 11.8 Å². The number of carbonyl (C=O) groups excluding carboxylic acids is 1. The van der Waals surface area contributed by atoms with Crippen molar-refractivity contribution < 1.29 is 13.2 Å². The van der Waals surface area contributed by atoms with Gasteiger partial charge in [-0.05, 0) is 30.7 Å². The average Bonchev–Trinajstić information content (AvgIpc) is 3.10. The van der Waals surface area contributed by atoms with Gasteiger partial charge in [-0.1, -0.05) is 6.07 Å². The summed E-state index contributed by atoms with van der Waals surface area (Å²) < 4.78 is 26.7. The van der Waals surface area contributed by atoms with Gasteiger partial charge in [-0.25, -0.2) is 8.42 Å². The summed E-state index contributed by atoms with van der Waals surface area (Å²) in [5, 5.41) is 2.75. The second-order valence-electron chi connectivity index (χ2n) is 5.79. The first-order chi connectivity index (χ1) is 11.9. The van der Waals surface area contributed by atoms with Crippen LogP contribution in [0.4, 0.5) is 11.4 Å². The smallest absolute Gasteiger partial charge is 0.272 e. The Morgan fingerprint density at radius 3 is 2.65 bits per heavy atom. The summed E-state index contributed by atoms with van der Waals surface area (Å²) in [6.07, 6.45) is 1.36. The average molecular weight is 417 g/mol. The van der Waals surface area contributed by atoms with Crippen LogP contribution in [-0.2, 0) is 10.0 Å². The molecule has 1 amide bonds. The first-order valence-electron chi connectivity index (χ1n) is 7.82. The molecule has 2 heterocycles. The van der Waals surface area contributed by atoms with Crippen molar-refractivity contribution in [3.8, 4) is 0 Å². The first kappa shape index (κ1) is 20.6. The van der Waals surface area contributed by atoms with E-state index in [-0.39, 0.29) is 23.0 Å². The number of nitrogens with two attached hydrogens (primary N) is 1. The number of nitrogens with one attached hydrogen (secondary N) is 2. The number of aromatic nitrogens is 1. The van der Waals surface area contributed by atoms with Crippen molar-refractivity contribution in [3.63, 3.8) is 0 Å². The molecule has 1 aliphatic rings. The third-order valence-corrected chi connectivity index (χ3v) is 6.84. The molecule has 0 atom stereocenters. The van der Waals surface area contributed by atoms with Crippen molar-refractivity contribution in [1.29, 1.82) is 0 Å². The molecular weight excluding hydrogens is 396 g/mol. The predicted molar refractivity (Wildman–Crippen MR) is 108 cm³/mol. The Morgan fingerprint density at radius 2 is 1.96 bits per heavy atom. The lowest BCUT2D eigenvalue weighted by molar-refractivity contribution is 0.102. The molecule has 142 valence electrons. The highest BCUT2D eigenvalue weighted by Gasteiger charge is 2.27. The van der Waals surface area contributed by atoms with E-state index in [1.165, 1.54) is 16.6 Å². The van der Waals surface area contributed by atoms with Gasteiger partial charge in [0.25, 0.3) is 5.91 Å². The lowest BCUT2D eigenvalue weighted by Crippen LogP contribution is -2.37.